The van der Waals surface area contributed by atoms with Crippen molar-refractivity contribution < 1.29 is 9.47 Å². The van der Waals surface area contributed by atoms with Gasteiger partial charge in [0.05, 0.1) is 38.1 Å². The molecule has 4 aromatic rings. The van der Waals surface area contributed by atoms with Gasteiger partial charge in [-0.05, 0) is 64.6 Å². The second kappa shape index (κ2) is 7.64. The summed E-state index contributed by atoms with van der Waals surface area (Å²) in [7, 11) is 1.68. The van der Waals surface area contributed by atoms with Crippen LogP contribution in [-0.4, -0.2) is 35.1 Å². The Morgan fingerprint density at radius 3 is 2.83 bits per heavy atom. The van der Waals surface area contributed by atoms with Crippen LogP contribution in [0.4, 0.5) is 11.4 Å². The number of pyridine rings is 1. The summed E-state index contributed by atoms with van der Waals surface area (Å²) in [5.74, 6) is 0.790. The lowest BCUT2D eigenvalue weighted by Crippen LogP contribution is -2.30. The van der Waals surface area contributed by atoms with Crippen molar-refractivity contribution in [2.75, 3.05) is 25.6 Å². The van der Waals surface area contributed by atoms with E-state index in [4.69, 9.17) is 9.47 Å². The molecule has 0 aliphatic carbocycles. The van der Waals surface area contributed by atoms with Gasteiger partial charge in [-0.25, -0.2) is 0 Å². The molecule has 0 bridgehead atoms. The van der Waals surface area contributed by atoms with Crippen molar-refractivity contribution in [1.82, 2.24) is 14.8 Å². The van der Waals surface area contributed by atoms with Crippen molar-refractivity contribution in [3.8, 4) is 16.9 Å². The van der Waals surface area contributed by atoms with Crippen molar-refractivity contribution in [2.24, 2.45) is 0 Å². The van der Waals surface area contributed by atoms with Gasteiger partial charge in [0.25, 0.3) is 0 Å². The molecule has 1 aliphatic rings. The summed E-state index contributed by atoms with van der Waals surface area (Å²) in [6.07, 6.45) is 5.78. The van der Waals surface area contributed by atoms with Crippen LogP contribution in [0.5, 0.6) is 5.75 Å². The number of anilines is 2. The molecule has 1 fully saturated rings. The number of ether oxygens (including phenoxy) is 2. The number of halogens is 1. The molecule has 146 valence electrons. The normalized spacial score (nSPS) is 14.0. The Morgan fingerprint density at radius 2 is 2.03 bits per heavy atom. The summed E-state index contributed by atoms with van der Waals surface area (Å²) < 4.78 is 14.0. The SMILES string of the molecule is COc1cc(Nc2ccnc3ccc(I)cc23)cc(-c2cnn(C3COC3)c2)c1. The molecule has 2 aromatic carbocycles. The van der Waals surface area contributed by atoms with E-state index in [-0.39, 0.29) is 0 Å². The van der Waals surface area contributed by atoms with Crippen molar-refractivity contribution >= 4 is 44.9 Å². The molecule has 2 aromatic heterocycles. The smallest absolute Gasteiger partial charge is 0.121 e. The van der Waals surface area contributed by atoms with Gasteiger partial charge in [-0.2, -0.15) is 5.10 Å². The van der Waals surface area contributed by atoms with Crippen molar-refractivity contribution in [3.63, 3.8) is 0 Å². The van der Waals surface area contributed by atoms with Gasteiger partial charge >= 0.3 is 0 Å². The molecule has 6 nitrogen and oxygen atoms in total. The average molecular weight is 498 g/mol. The zero-order chi connectivity index (χ0) is 19.8. The van der Waals surface area contributed by atoms with E-state index in [0.717, 1.165) is 52.4 Å². The van der Waals surface area contributed by atoms with Gasteiger partial charge in [-0.15, -0.1) is 0 Å². The Kier molecular flexibility index (Phi) is 4.84. The molecule has 1 saturated heterocycles. The molecule has 1 N–H and O–H groups in total. The predicted octanol–water partition coefficient (Wildman–Crippen LogP) is 5.03. The number of nitrogens with zero attached hydrogens (tertiary/aromatic N) is 3. The quantitative estimate of drug-likeness (QED) is 0.392. The van der Waals surface area contributed by atoms with Crippen LogP contribution >= 0.6 is 22.6 Å². The number of rotatable bonds is 5. The van der Waals surface area contributed by atoms with E-state index < -0.39 is 0 Å². The fourth-order valence-corrected chi connectivity index (χ4v) is 3.89. The molecule has 0 atom stereocenters. The Balaban J connectivity index is 1.52. The molecule has 7 heteroatoms. The van der Waals surface area contributed by atoms with E-state index >= 15 is 0 Å². The van der Waals surface area contributed by atoms with E-state index in [9.17, 15) is 0 Å². The Labute approximate surface area is 182 Å². The third-order valence-corrected chi connectivity index (χ3v) is 5.73. The highest BCUT2D eigenvalue weighted by Gasteiger charge is 2.21. The molecule has 3 heterocycles. The van der Waals surface area contributed by atoms with Gasteiger partial charge in [0.1, 0.15) is 5.75 Å². The number of hydrogen-bond donors (Lipinski definition) is 1. The van der Waals surface area contributed by atoms with Crippen LogP contribution in [0.25, 0.3) is 22.0 Å². The van der Waals surface area contributed by atoms with E-state index in [1.54, 1.807) is 7.11 Å². The van der Waals surface area contributed by atoms with Crippen LogP contribution in [0, 0.1) is 3.57 Å². The summed E-state index contributed by atoms with van der Waals surface area (Å²) in [5, 5.41) is 9.13. The fraction of sp³-hybridized carbons (Fsp3) is 0.182. The Morgan fingerprint density at radius 1 is 1.14 bits per heavy atom. The maximum absolute atomic E-state index is 5.55. The first kappa shape index (κ1) is 18.4. The molecule has 1 aliphatic heterocycles. The van der Waals surface area contributed by atoms with Gasteiger partial charge in [-0.1, -0.05) is 0 Å². The van der Waals surface area contributed by atoms with Crippen molar-refractivity contribution in [1.29, 1.82) is 0 Å². The minimum absolute atomic E-state index is 0.331. The highest BCUT2D eigenvalue weighted by atomic mass is 127. The first-order valence-corrected chi connectivity index (χ1v) is 10.4. The van der Waals surface area contributed by atoms with E-state index in [2.05, 4.69) is 62.4 Å². The monoisotopic (exact) mass is 498 g/mol. The second-order valence-corrected chi connectivity index (χ2v) is 8.24. The van der Waals surface area contributed by atoms with E-state index in [0.29, 0.717) is 6.04 Å². The first-order valence-electron chi connectivity index (χ1n) is 9.32. The maximum Gasteiger partial charge on any atom is 0.121 e. The van der Waals surface area contributed by atoms with Crippen LogP contribution in [0.3, 0.4) is 0 Å². The highest BCUT2D eigenvalue weighted by Crippen LogP contribution is 2.33. The molecular weight excluding hydrogens is 479 g/mol. The predicted molar refractivity (Wildman–Crippen MR) is 122 cm³/mol. The Bertz CT molecular complexity index is 1190. The van der Waals surface area contributed by atoms with Crippen LogP contribution in [0.1, 0.15) is 6.04 Å². The Hall–Kier alpha value is -2.65. The molecule has 0 spiro atoms. The third kappa shape index (κ3) is 3.67. The van der Waals surface area contributed by atoms with Crippen LogP contribution in [-0.2, 0) is 4.74 Å². The number of hydrogen-bond acceptors (Lipinski definition) is 5. The minimum atomic E-state index is 0.331. The van der Waals surface area contributed by atoms with Gasteiger partial charge in [0, 0.05) is 44.4 Å². The van der Waals surface area contributed by atoms with Gasteiger partial charge in [0.2, 0.25) is 0 Å². The maximum atomic E-state index is 5.55. The van der Waals surface area contributed by atoms with Crippen LogP contribution < -0.4 is 10.1 Å². The lowest BCUT2D eigenvalue weighted by molar-refractivity contribution is -0.0286. The number of benzene rings is 2. The van der Waals surface area contributed by atoms with E-state index in [1.165, 1.54) is 3.57 Å². The summed E-state index contributed by atoms with van der Waals surface area (Å²) in [5.41, 5.74) is 5.02. The molecular formula is C22H19IN4O2. The molecule has 0 unspecified atom stereocenters. The minimum Gasteiger partial charge on any atom is -0.497 e. The molecule has 29 heavy (non-hydrogen) atoms. The fourth-order valence-electron chi connectivity index (χ4n) is 3.40. The van der Waals surface area contributed by atoms with Crippen molar-refractivity contribution in [2.45, 2.75) is 6.04 Å². The van der Waals surface area contributed by atoms with Crippen molar-refractivity contribution in [3.05, 3.63) is 64.6 Å². The summed E-state index contributed by atoms with van der Waals surface area (Å²) >= 11 is 2.32. The van der Waals surface area contributed by atoms with E-state index in [1.807, 2.05) is 41.3 Å². The zero-order valence-corrected chi connectivity index (χ0v) is 18.0. The molecule has 0 radical (unpaired) electrons. The topological polar surface area (TPSA) is 61.2 Å². The number of nitrogens with one attached hydrogen (secondary N) is 1. The molecule has 0 amide bonds. The highest BCUT2D eigenvalue weighted by molar-refractivity contribution is 14.1. The molecule has 0 saturated carbocycles. The summed E-state index contributed by atoms with van der Waals surface area (Å²) in [6, 6.07) is 14.7. The summed E-state index contributed by atoms with van der Waals surface area (Å²) in [4.78, 5) is 4.47. The van der Waals surface area contributed by atoms with Gasteiger partial charge in [0.15, 0.2) is 0 Å². The lowest BCUT2D eigenvalue weighted by Gasteiger charge is -2.25. The standard InChI is InChI=1S/C22H19IN4O2/c1-28-19-7-14(15-10-25-27(11-15)18-12-29-13-18)6-17(9-19)26-22-4-5-24-21-3-2-16(23)8-20(21)22/h2-11,18H,12-13H2,1H3,(H,24,26). The van der Waals surface area contributed by atoms with Crippen LogP contribution in [0.2, 0.25) is 0 Å². The number of fused-ring (bicyclic) bond motifs is 1. The average Bonchev–Trinajstić information content (AvgIpc) is 3.16. The first-order chi connectivity index (χ1) is 14.2. The lowest BCUT2D eigenvalue weighted by atomic mass is 10.1. The largest absolute Gasteiger partial charge is 0.497 e. The number of methoxy groups -OCH3 is 1. The molecule has 5 rings (SSSR count). The summed E-state index contributed by atoms with van der Waals surface area (Å²) in [6.45, 7) is 1.44. The number of aromatic nitrogens is 3. The third-order valence-electron chi connectivity index (χ3n) is 5.05. The van der Waals surface area contributed by atoms with Crippen LogP contribution in [0.15, 0.2) is 61.1 Å². The van der Waals surface area contributed by atoms with Gasteiger partial charge < -0.3 is 14.8 Å². The second-order valence-electron chi connectivity index (χ2n) is 7.00. The van der Waals surface area contributed by atoms with Gasteiger partial charge in [-0.3, -0.25) is 9.67 Å². The zero-order valence-electron chi connectivity index (χ0n) is 15.8.